The first-order valence-corrected chi connectivity index (χ1v) is 5.33. The van der Waals surface area contributed by atoms with Gasteiger partial charge in [0.05, 0.1) is 0 Å². The van der Waals surface area contributed by atoms with Crippen molar-refractivity contribution in [3.63, 3.8) is 0 Å². The fourth-order valence-electron chi connectivity index (χ4n) is 1.67. The summed E-state index contributed by atoms with van der Waals surface area (Å²) in [4.78, 5) is 4.12. The lowest BCUT2D eigenvalue weighted by Gasteiger charge is -2.07. The van der Waals surface area contributed by atoms with Crippen molar-refractivity contribution in [2.24, 2.45) is 0 Å². The van der Waals surface area contributed by atoms with Crippen LogP contribution in [0.15, 0.2) is 30.6 Å². The molecule has 0 unspecified atom stereocenters. The summed E-state index contributed by atoms with van der Waals surface area (Å²) < 4.78 is 28.1. The van der Waals surface area contributed by atoms with Crippen molar-refractivity contribution in [1.29, 1.82) is 0 Å². The van der Waals surface area contributed by atoms with Gasteiger partial charge in [-0.2, -0.15) is 0 Å². The van der Waals surface area contributed by atoms with Gasteiger partial charge in [0, 0.05) is 37.1 Å². The van der Waals surface area contributed by atoms with E-state index in [-0.39, 0.29) is 0 Å². The molecule has 0 fully saturated rings. The second-order valence-corrected chi connectivity index (χ2v) is 3.71. The molecule has 90 valence electrons. The van der Waals surface area contributed by atoms with E-state index >= 15 is 0 Å². The first kappa shape index (κ1) is 11.7. The summed E-state index contributed by atoms with van der Waals surface area (Å²) in [6.07, 6.45) is 3.41. The molecule has 0 bridgehead atoms. The Morgan fingerprint density at radius 2 is 1.94 bits per heavy atom. The summed E-state index contributed by atoms with van der Waals surface area (Å²) >= 11 is 0. The molecule has 0 spiro atoms. The second-order valence-electron chi connectivity index (χ2n) is 3.71. The van der Waals surface area contributed by atoms with E-state index in [1.165, 1.54) is 12.1 Å². The van der Waals surface area contributed by atoms with Crippen molar-refractivity contribution in [1.82, 2.24) is 14.9 Å². The Morgan fingerprint density at radius 3 is 2.59 bits per heavy atom. The average molecular weight is 237 g/mol. The summed E-state index contributed by atoms with van der Waals surface area (Å²) in [5.41, 5.74) is 0.448. The van der Waals surface area contributed by atoms with Crippen LogP contribution < -0.4 is 5.32 Å². The quantitative estimate of drug-likeness (QED) is 0.882. The zero-order valence-corrected chi connectivity index (χ0v) is 9.45. The van der Waals surface area contributed by atoms with Crippen LogP contribution in [0.4, 0.5) is 8.78 Å². The normalized spacial score (nSPS) is 10.8. The Hall–Kier alpha value is -1.75. The van der Waals surface area contributed by atoms with Crippen LogP contribution >= 0.6 is 0 Å². The molecule has 0 saturated heterocycles. The molecule has 0 atom stereocenters. The standard InChI is InChI=1S/C12H13F2N3/c1-15-2-4-17-5-3-16-12(17)9-6-10(13)8-11(14)7-9/h3,5-8,15H,2,4H2,1H3. The fourth-order valence-corrected chi connectivity index (χ4v) is 1.67. The van der Waals surface area contributed by atoms with E-state index in [2.05, 4.69) is 10.3 Å². The van der Waals surface area contributed by atoms with Crippen molar-refractivity contribution in [3.05, 3.63) is 42.2 Å². The topological polar surface area (TPSA) is 29.9 Å². The van der Waals surface area contributed by atoms with Gasteiger partial charge in [0.15, 0.2) is 0 Å². The summed E-state index contributed by atoms with van der Waals surface area (Å²) in [7, 11) is 1.85. The van der Waals surface area contributed by atoms with E-state index < -0.39 is 11.6 Å². The lowest BCUT2D eigenvalue weighted by Crippen LogP contribution is -2.15. The third kappa shape index (κ3) is 2.68. The van der Waals surface area contributed by atoms with Crippen LogP contribution in [-0.2, 0) is 6.54 Å². The van der Waals surface area contributed by atoms with E-state index in [0.29, 0.717) is 17.9 Å². The van der Waals surface area contributed by atoms with Gasteiger partial charge in [0.1, 0.15) is 17.5 Å². The van der Waals surface area contributed by atoms with Gasteiger partial charge in [-0.25, -0.2) is 13.8 Å². The molecule has 0 saturated carbocycles. The number of nitrogens with one attached hydrogen (secondary N) is 1. The fraction of sp³-hybridized carbons (Fsp3) is 0.250. The molecule has 0 radical (unpaired) electrons. The summed E-state index contributed by atoms with van der Waals surface area (Å²) in [5.74, 6) is -0.620. The van der Waals surface area contributed by atoms with E-state index in [9.17, 15) is 8.78 Å². The molecule has 0 aliphatic carbocycles. The van der Waals surface area contributed by atoms with Crippen LogP contribution in [0.3, 0.4) is 0 Å². The minimum absolute atomic E-state index is 0.448. The third-order valence-corrected chi connectivity index (χ3v) is 2.44. The van der Waals surface area contributed by atoms with E-state index in [1.54, 1.807) is 12.4 Å². The average Bonchev–Trinajstić information content (AvgIpc) is 2.73. The minimum atomic E-state index is -0.594. The van der Waals surface area contributed by atoms with Crippen LogP contribution in [0.25, 0.3) is 11.4 Å². The Kier molecular flexibility index (Phi) is 3.49. The lowest BCUT2D eigenvalue weighted by atomic mass is 10.2. The van der Waals surface area contributed by atoms with E-state index in [1.807, 2.05) is 11.6 Å². The molecule has 0 amide bonds. The summed E-state index contributed by atoms with van der Waals surface area (Å²) in [5, 5.41) is 3.01. The maximum Gasteiger partial charge on any atom is 0.140 e. The van der Waals surface area contributed by atoms with Gasteiger partial charge < -0.3 is 9.88 Å². The van der Waals surface area contributed by atoms with Crippen LogP contribution in [0.1, 0.15) is 0 Å². The highest BCUT2D eigenvalue weighted by Gasteiger charge is 2.08. The molecule has 0 aliphatic rings. The van der Waals surface area contributed by atoms with Crippen molar-refractivity contribution >= 4 is 0 Å². The molecule has 17 heavy (non-hydrogen) atoms. The van der Waals surface area contributed by atoms with Gasteiger partial charge in [0.2, 0.25) is 0 Å². The Balaban J connectivity index is 2.35. The number of benzene rings is 1. The monoisotopic (exact) mass is 237 g/mol. The van der Waals surface area contributed by atoms with Gasteiger partial charge in [-0.3, -0.25) is 0 Å². The molecular formula is C12H13F2N3. The molecule has 2 rings (SSSR count). The highest BCUT2D eigenvalue weighted by molar-refractivity contribution is 5.55. The highest BCUT2D eigenvalue weighted by Crippen LogP contribution is 2.19. The first-order chi connectivity index (χ1) is 8.20. The number of hydrogen-bond donors (Lipinski definition) is 1. The number of aromatic nitrogens is 2. The Morgan fingerprint density at radius 1 is 1.24 bits per heavy atom. The molecule has 3 nitrogen and oxygen atoms in total. The molecule has 1 aromatic heterocycles. The van der Waals surface area contributed by atoms with Crippen LogP contribution in [0, 0.1) is 11.6 Å². The molecule has 1 aromatic carbocycles. The van der Waals surface area contributed by atoms with Crippen molar-refractivity contribution in [2.45, 2.75) is 6.54 Å². The molecule has 2 aromatic rings. The summed E-state index contributed by atoms with van der Waals surface area (Å²) in [6.45, 7) is 1.46. The Bertz CT molecular complexity index is 488. The number of rotatable bonds is 4. The van der Waals surface area contributed by atoms with Crippen LogP contribution in [-0.4, -0.2) is 23.1 Å². The van der Waals surface area contributed by atoms with Gasteiger partial charge in [-0.05, 0) is 19.2 Å². The third-order valence-electron chi connectivity index (χ3n) is 2.44. The second kappa shape index (κ2) is 5.05. The largest absolute Gasteiger partial charge is 0.330 e. The summed E-state index contributed by atoms with van der Waals surface area (Å²) in [6, 6.07) is 3.41. The number of halogens is 2. The van der Waals surface area contributed by atoms with Crippen molar-refractivity contribution in [3.8, 4) is 11.4 Å². The molecular weight excluding hydrogens is 224 g/mol. The molecule has 1 heterocycles. The van der Waals surface area contributed by atoms with E-state index in [0.717, 1.165) is 12.6 Å². The van der Waals surface area contributed by atoms with Crippen molar-refractivity contribution in [2.75, 3.05) is 13.6 Å². The zero-order valence-electron chi connectivity index (χ0n) is 9.45. The zero-order chi connectivity index (χ0) is 12.3. The van der Waals surface area contributed by atoms with Crippen LogP contribution in [0.5, 0.6) is 0 Å². The smallest absolute Gasteiger partial charge is 0.140 e. The number of hydrogen-bond acceptors (Lipinski definition) is 2. The number of imidazole rings is 1. The minimum Gasteiger partial charge on any atom is -0.330 e. The van der Waals surface area contributed by atoms with Crippen molar-refractivity contribution < 1.29 is 8.78 Å². The highest BCUT2D eigenvalue weighted by atomic mass is 19.1. The molecule has 1 N–H and O–H groups in total. The maximum absolute atomic E-state index is 13.1. The van der Waals surface area contributed by atoms with Gasteiger partial charge in [0.25, 0.3) is 0 Å². The number of nitrogens with zero attached hydrogens (tertiary/aromatic N) is 2. The molecule has 0 aliphatic heterocycles. The van der Waals surface area contributed by atoms with E-state index in [4.69, 9.17) is 0 Å². The molecule has 5 heteroatoms. The van der Waals surface area contributed by atoms with Gasteiger partial charge in [-0.1, -0.05) is 0 Å². The lowest BCUT2D eigenvalue weighted by molar-refractivity contribution is 0.583. The van der Waals surface area contributed by atoms with Gasteiger partial charge >= 0.3 is 0 Å². The van der Waals surface area contributed by atoms with Crippen LogP contribution in [0.2, 0.25) is 0 Å². The van der Waals surface area contributed by atoms with Gasteiger partial charge in [-0.15, -0.1) is 0 Å². The predicted molar refractivity (Wildman–Crippen MR) is 61.5 cm³/mol. The first-order valence-electron chi connectivity index (χ1n) is 5.33. The Labute approximate surface area is 98.1 Å². The maximum atomic E-state index is 13.1. The number of likely N-dealkylation sites (N-methyl/N-ethyl adjacent to an activating group) is 1. The SMILES string of the molecule is CNCCn1ccnc1-c1cc(F)cc(F)c1. The predicted octanol–water partition coefficient (Wildman–Crippen LogP) is 2.05.